The maximum atomic E-state index is 14.2. The van der Waals surface area contributed by atoms with Gasteiger partial charge in [0.25, 0.3) is 5.91 Å². The van der Waals surface area contributed by atoms with Crippen LogP contribution in [0, 0.1) is 17.8 Å². The van der Waals surface area contributed by atoms with Gasteiger partial charge in [0.2, 0.25) is 5.91 Å². The Kier molecular flexibility index (Phi) is 14.0. The van der Waals surface area contributed by atoms with Crippen molar-refractivity contribution in [2.45, 2.75) is 122 Å². The van der Waals surface area contributed by atoms with Crippen LogP contribution in [-0.4, -0.2) is 62.8 Å². The molecule has 272 valence electrons. The lowest BCUT2D eigenvalue weighted by Crippen LogP contribution is -2.56. The summed E-state index contributed by atoms with van der Waals surface area (Å²) in [6, 6.07) is 12.1. The van der Waals surface area contributed by atoms with Crippen LogP contribution in [0.4, 0.5) is 4.79 Å². The molecule has 0 unspecified atom stereocenters. The van der Waals surface area contributed by atoms with Crippen molar-refractivity contribution in [3.05, 3.63) is 78.9 Å². The molecular weight excluding hydrogens is 630 g/mol. The van der Waals surface area contributed by atoms with Crippen LogP contribution in [0.5, 0.6) is 0 Å². The summed E-state index contributed by atoms with van der Waals surface area (Å²) in [7, 11) is 0. The first-order chi connectivity index (χ1) is 23.8. The van der Waals surface area contributed by atoms with Crippen LogP contribution in [0.1, 0.15) is 90.8 Å². The average molecular weight is 688 g/mol. The van der Waals surface area contributed by atoms with Gasteiger partial charge in [-0.1, -0.05) is 94.5 Å². The summed E-state index contributed by atoms with van der Waals surface area (Å²) in [4.78, 5) is 48.5. The molecule has 0 spiro atoms. The number of aromatic amines is 1. The molecule has 3 aromatic rings. The van der Waals surface area contributed by atoms with E-state index in [-0.39, 0.29) is 24.7 Å². The van der Waals surface area contributed by atoms with Crippen LogP contribution < -0.4 is 16.0 Å². The number of fused-ring (bicyclic) bond motifs is 1. The molecule has 1 fully saturated rings. The van der Waals surface area contributed by atoms with Crippen molar-refractivity contribution in [2.24, 2.45) is 17.8 Å². The van der Waals surface area contributed by atoms with Gasteiger partial charge in [0, 0.05) is 30.3 Å². The third-order valence-electron chi connectivity index (χ3n) is 9.69. The fourth-order valence-corrected chi connectivity index (χ4v) is 6.87. The number of aromatic nitrogens is 2. The van der Waals surface area contributed by atoms with Crippen LogP contribution in [0.3, 0.4) is 0 Å². The molecule has 1 aliphatic carbocycles. The first-order valence-corrected chi connectivity index (χ1v) is 18.2. The molecule has 1 aromatic heterocycles. The van der Waals surface area contributed by atoms with E-state index < -0.39 is 47.7 Å². The Balaban J connectivity index is 1.60. The lowest BCUT2D eigenvalue weighted by Gasteiger charge is -2.33. The molecule has 0 aliphatic heterocycles. The number of H-pyrrole nitrogens is 1. The highest BCUT2D eigenvalue weighted by atomic mass is 16.6. The molecule has 3 amide bonds. The summed E-state index contributed by atoms with van der Waals surface area (Å²) in [5.74, 6) is -0.254. The molecule has 0 saturated heterocycles. The van der Waals surface area contributed by atoms with Crippen molar-refractivity contribution in [1.82, 2.24) is 25.9 Å². The van der Waals surface area contributed by atoms with E-state index in [2.05, 4.69) is 46.3 Å². The lowest BCUT2D eigenvalue weighted by molar-refractivity contribution is -0.134. The smallest absolute Gasteiger partial charge is 0.408 e. The fraction of sp³-hybridized carbons (Fsp3) is 0.550. The van der Waals surface area contributed by atoms with Crippen LogP contribution in [0.2, 0.25) is 0 Å². The molecule has 2 aromatic carbocycles. The third kappa shape index (κ3) is 11.7. The molecule has 4 rings (SSSR count). The van der Waals surface area contributed by atoms with E-state index in [1.807, 2.05) is 69.3 Å². The molecule has 5 N–H and O–H groups in total. The van der Waals surface area contributed by atoms with Crippen LogP contribution in [0.25, 0.3) is 10.8 Å². The number of rotatable bonds is 16. The van der Waals surface area contributed by atoms with Crippen molar-refractivity contribution in [2.75, 3.05) is 0 Å². The van der Waals surface area contributed by atoms with Gasteiger partial charge >= 0.3 is 6.09 Å². The summed E-state index contributed by atoms with van der Waals surface area (Å²) in [5, 5.41) is 22.3. The maximum absolute atomic E-state index is 14.2. The van der Waals surface area contributed by atoms with Gasteiger partial charge in [-0.2, -0.15) is 0 Å². The predicted octanol–water partition coefficient (Wildman–Crippen LogP) is 6.39. The molecule has 0 radical (unpaired) electrons. The van der Waals surface area contributed by atoms with E-state index in [1.54, 1.807) is 6.20 Å². The number of benzene rings is 2. The normalized spacial score (nSPS) is 16.9. The van der Waals surface area contributed by atoms with Gasteiger partial charge in [-0.15, -0.1) is 6.58 Å². The molecule has 10 heteroatoms. The highest BCUT2D eigenvalue weighted by molar-refractivity contribution is 5.92. The Labute approximate surface area is 297 Å². The Morgan fingerprint density at radius 3 is 2.40 bits per heavy atom. The predicted molar refractivity (Wildman–Crippen MR) is 197 cm³/mol. The first-order valence-electron chi connectivity index (χ1n) is 18.2. The zero-order valence-corrected chi connectivity index (χ0v) is 30.4. The molecule has 1 heterocycles. The number of allylic oxidation sites excluding steroid dienone is 1. The molecule has 1 aliphatic rings. The SMILES string of the molecule is C=C[C@@H](C[C@H](O)[C@H](CC1CCCCC1)NC(=O)[C@H](Cc1cnc[nH]1)NC(=O)[C@H](Cc1cccc2ccccc12)OC(=O)NC(C)(C)C)C(C)C. The van der Waals surface area contributed by atoms with Gasteiger partial charge in [0.15, 0.2) is 6.10 Å². The zero-order valence-electron chi connectivity index (χ0n) is 30.4. The lowest BCUT2D eigenvalue weighted by atomic mass is 9.81. The van der Waals surface area contributed by atoms with Gasteiger partial charge < -0.3 is 30.8 Å². The Morgan fingerprint density at radius 1 is 1.02 bits per heavy atom. The van der Waals surface area contributed by atoms with Crippen molar-refractivity contribution >= 4 is 28.7 Å². The van der Waals surface area contributed by atoms with E-state index in [0.29, 0.717) is 24.5 Å². The summed E-state index contributed by atoms with van der Waals surface area (Å²) >= 11 is 0. The summed E-state index contributed by atoms with van der Waals surface area (Å²) in [5.41, 5.74) is 0.895. The monoisotopic (exact) mass is 687 g/mol. The fourth-order valence-electron chi connectivity index (χ4n) is 6.87. The zero-order chi connectivity index (χ0) is 36.3. The van der Waals surface area contributed by atoms with Crippen molar-refractivity contribution in [3.63, 3.8) is 0 Å². The number of imidazole rings is 1. The number of carbonyl (C=O) groups excluding carboxylic acids is 3. The highest BCUT2D eigenvalue weighted by Crippen LogP contribution is 2.30. The molecule has 50 heavy (non-hydrogen) atoms. The van der Waals surface area contributed by atoms with Gasteiger partial charge in [-0.3, -0.25) is 9.59 Å². The van der Waals surface area contributed by atoms with Gasteiger partial charge in [0.1, 0.15) is 6.04 Å². The summed E-state index contributed by atoms with van der Waals surface area (Å²) in [6.45, 7) is 13.7. The second-order valence-electron chi connectivity index (χ2n) is 15.3. The standard InChI is InChI=1S/C40H57N5O5/c1-7-28(26(2)3)21-35(46)33(20-27-14-9-8-10-15-27)43-37(47)34(23-31-24-41-25-42-31)44-38(48)36(50-39(49)45-40(4,5)6)22-30-18-13-17-29-16-11-12-19-32(29)30/h7,11-13,16-19,24-28,33-36,46H,1,8-10,14-15,20-23H2,2-6H3,(H,41,42)(H,43,47)(H,44,48)(H,45,49)/t28-,33-,34-,35-,36-/m0/s1. The van der Waals surface area contributed by atoms with Crippen molar-refractivity contribution < 1.29 is 24.2 Å². The second-order valence-corrected chi connectivity index (χ2v) is 15.3. The van der Waals surface area contributed by atoms with Gasteiger partial charge in [-0.05, 0) is 67.7 Å². The minimum absolute atomic E-state index is 0.0856. The van der Waals surface area contributed by atoms with E-state index in [1.165, 1.54) is 12.7 Å². The number of aliphatic hydroxyl groups is 1. The number of alkyl carbamates (subject to hydrolysis) is 1. The van der Waals surface area contributed by atoms with E-state index >= 15 is 0 Å². The average Bonchev–Trinajstić information content (AvgIpc) is 3.59. The Hall–Kier alpha value is -4.18. The molecule has 0 bridgehead atoms. The number of amides is 3. The second kappa shape index (κ2) is 18.2. The highest BCUT2D eigenvalue weighted by Gasteiger charge is 2.34. The Morgan fingerprint density at radius 2 is 1.74 bits per heavy atom. The van der Waals surface area contributed by atoms with Gasteiger partial charge in [-0.25, -0.2) is 9.78 Å². The number of carbonyl (C=O) groups is 3. The van der Waals surface area contributed by atoms with Crippen LogP contribution in [0.15, 0.2) is 67.6 Å². The topological polar surface area (TPSA) is 145 Å². The minimum atomic E-state index is -1.23. The van der Waals surface area contributed by atoms with Crippen molar-refractivity contribution in [1.29, 1.82) is 0 Å². The number of hydrogen-bond acceptors (Lipinski definition) is 6. The van der Waals surface area contributed by atoms with Crippen LogP contribution >= 0.6 is 0 Å². The number of nitrogens with zero attached hydrogens (tertiary/aromatic N) is 1. The molecule has 10 nitrogen and oxygen atoms in total. The quantitative estimate of drug-likeness (QED) is 0.110. The van der Waals surface area contributed by atoms with Gasteiger partial charge in [0.05, 0.1) is 18.5 Å². The molecule has 1 saturated carbocycles. The minimum Gasteiger partial charge on any atom is -0.436 e. The number of hydrogen-bond donors (Lipinski definition) is 5. The van der Waals surface area contributed by atoms with E-state index in [4.69, 9.17) is 4.74 Å². The summed E-state index contributed by atoms with van der Waals surface area (Å²) < 4.78 is 5.79. The first kappa shape index (κ1) is 38.6. The van der Waals surface area contributed by atoms with Crippen molar-refractivity contribution in [3.8, 4) is 0 Å². The number of aliphatic hydroxyl groups excluding tert-OH is 1. The number of nitrogens with one attached hydrogen (secondary N) is 4. The Bertz CT molecular complexity index is 1540. The maximum Gasteiger partial charge on any atom is 0.408 e. The van der Waals surface area contributed by atoms with Crippen LogP contribution in [-0.2, 0) is 27.2 Å². The number of ether oxygens (including phenoxy) is 1. The molecule has 5 atom stereocenters. The summed E-state index contributed by atoms with van der Waals surface area (Å²) in [6.07, 6.45) is 9.21. The largest absolute Gasteiger partial charge is 0.436 e. The van der Waals surface area contributed by atoms with E-state index in [9.17, 15) is 19.5 Å². The molecular formula is C40H57N5O5. The van der Waals surface area contributed by atoms with E-state index in [0.717, 1.165) is 42.0 Å². The third-order valence-corrected chi connectivity index (χ3v) is 9.69.